The number of aromatic nitrogens is 1. The van der Waals surface area contributed by atoms with Crippen LogP contribution in [0.25, 0.3) is 0 Å². The number of ether oxygens (including phenoxy) is 2. The summed E-state index contributed by atoms with van der Waals surface area (Å²) in [6.07, 6.45) is 1.82. The van der Waals surface area contributed by atoms with Crippen molar-refractivity contribution in [2.75, 3.05) is 0 Å². The summed E-state index contributed by atoms with van der Waals surface area (Å²) in [5.74, 6) is -3.26. The number of amides is 1. The fourth-order valence-electron chi connectivity index (χ4n) is 2.71. The van der Waals surface area contributed by atoms with Gasteiger partial charge in [-0.2, -0.15) is 0 Å². The molecule has 0 N–H and O–H groups in total. The van der Waals surface area contributed by atoms with Crippen LogP contribution < -0.4 is 0 Å². The van der Waals surface area contributed by atoms with Gasteiger partial charge in [0.2, 0.25) is 5.91 Å². The van der Waals surface area contributed by atoms with E-state index in [9.17, 15) is 24.0 Å². The molecule has 0 saturated carbocycles. The van der Waals surface area contributed by atoms with E-state index in [0.29, 0.717) is 5.69 Å². The van der Waals surface area contributed by atoms with Crippen LogP contribution in [0.4, 0.5) is 0 Å². The van der Waals surface area contributed by atoms with E-state index in [0.717, 1.165) is 29.3 Å². The smallest absolute Gasteiger partial charge is 0.331 e. The van der Waals surface area contributed by atoms with Gasteiger partial charge in [0.05, 0.1) is 29.7 Å². The fraction of sp³-hybridized carbons (Fsp3) is 0.429. The number of rotatable bonds is 2. The molecular formula is C21H24N2O7S. The lowest BCUT2D eigenvalue weighted by Gasteiger charge is -2.26. The quantitative estimate of drug-likeness (QED) is 0.627. The van der Waals surface area contributed by atoms with E-state index in [-0.39, 0.29) is 13.0 Å². The number of hydrogen-bond acceptors (Lipinski definition) is 9. The summed E-state index contributed by atoms with van der Waals surface area (Å²) in [6, 6.07) is -0.932. The second kappa shape index (κ2) is 10.8. The molecule has 1 aliphatic rings. The van der Waals surface area contributed by atoms with E-state index in [1.165, 1.54) is 37.0 Å². The highest BCUT2D eigenvalue weighted by Crippen LogP contribution is 2.14. The number of carbonyl (C=O) groups is 5. The van der Waals surface area contributed by atoms with Gasteiger partial charge in [0.25, 0.3) is 0 Å². The van der Waals surface area contributed by atoms with Crippen molar-refractivity contribution in [3.63, 3.8) is 0 Å². The fourth-order valence-corrected chi connectivity index (χ4v) is 3.31. The van der Waals surface area contributed by atoms with Crippen LogP contribution in [0.1, 0.15) is 37.9 Å². The minimum absolute atomic E-state index is 0.0362. The van der Waals surface area contributed by atoms with E-state index in [2.05, 4.69) is 4.98 Å². The highest BCUT2D eigenvalue weighted by atomic mass is 32.1. The van der Waals surface area contributed by atoms with Gasteiger partial charge < -0.3 is 14.4 Å². The number of ketones is 2. The molecule has 10 heteroatoms. The van der Waals surface area contributed by atoms with Crippen molar-refractivity contribution in [2.45, 2.75) is 58.9 Å². The van der Waals surface area contributed by atoms with E-state index >= 15 is 0 Å². The Morgan fingerprint density at radius 3 is 2.32 bits per heavy atom. The number of hydrogen-bond donors (Lipinski definition) is 0. The van der Waals surface area contributed by atoms with Crippen LogP contribution in [0.3, 0.4) is 0 Å². The maximum absolute atomic E-state index is 12.8. The predicted molar refractivity (Wildman–Crippen MR) is 111 cm³/mol. The minimum Gasteiger partial charge on any atom is -0.459 e. The molecule has 0 aliphatic carbocycles. The number of aryl methyl sites for hydroxylation is 1. The molecule has 9 nitrogen and oxygen atoms in total. The van der Waals surface area contributed by atoms with Gasteiger partial charge >= 0.3 is 11.9 Å². The largest absolute Gasteiger partial charge is 0.459 e. The predicted octanol–water partition coefficient (Wildman–Crippen LogP) is 1.69. The average Bonchev–Trinajstić information content (AvgIpc) is 3.11. The first-order chi connectivity index (χ1) is 14.6. The van der Waals surface area contributed by atoms with E-state index in [1.54, 1.807) is 5.38 Å². The molecule has 1 aromatic heterocycles. The number of esters is 2. The first kappa shape index (κ1) is 24.1. The Labute approximate surface area is 183 Å². The maximum atomic E-state index is 12.8. The van der Waals surface area contributed by atoms with Gasteiger partial charge in [-0.05, 0) is 39.8 Å². The summed E-state index contributed by atoms with van der Waals surface area (Å²) in [6.45, 7) is 6.23. The summed E-state index contributed by atoms with van der Waals surface area (Å²) < 4.78 is 10.1. The van der Waals surface area contributed by atoms with Gasteiger partial charge in [0, 0.05) is 17.5 Å². The van der Waals surface area contributed by atoms with Crippen molar-refractivity contribution in [3.8, 4) is 0 Å². The van der Waals surface area contributed by atoms with Crippen molar-refractivity contribution >= 4 is 40.7 Å². The molecule has 2 rings (SSSR count). The second-order valence-electron chi connectivity index (χ2n) is 7.06. The molecule has 0 unspecified atom stereocenters. The Morgan fingerprint density at radius 1 is 1.00 bits per heavy atom. The van der Waals surface area contributed by atoms with Crippen molar-refractivity contribution in [1.82, 2.24) is 9.88 Å². The Morgan fingerprint density at radius 2 is 1.68 bits per heavy atom. The monoisotopic (exact) mass is 448 g/mol. The Bertz CT molecular complexity index is 934. The van der Waals surface area contributed by atoms with E-state index < -0.39 is 47.7 Å². The summed E-state index contributed by atoms with van der Waals surface area (Å²) in [5.41, 5.74) is 0.587. The van der Waals surface area contributed by atoms with Crippen molar-refractivity contribution < 1.29 is 33.4 Å². The van der Waals surface area contributed by atoms with Crippen LogP contribution in [0.15, 0.2) is 29.7 Å². The summed E-state index contributed by atoms with van der Waals surface area (Å²) >= 11 is 1.40. The Balaban J connectivity index is 2.34. The molecule has 0 radical (unpaired) electrons. The molecule has 166 valence electrons. The Hall–Kier alpha value is -3.14. The molecule has 1 aliphatic heterocycles. The molecule has 2 heterocycles. The van der Waals surface area contributed by atoms with Crippen LogP contribution in [0.5, 0.6) is 0 Å². The molecule has 3 atom stereocenters. The third-order valence-corrected chi connectivity index (χ3v) is 5.24. The van der Waals surface area contributed by atoms with E-state index in [1.807, 2.05) is 6.92 Å². The summed E-state index contributed by atoms with van der Waals surface area (Å²) in [4.78, 5) is 67.0. The lowest BCUT2D eigenvalue weighted by molar-refractivity contribution is -0.157. The highest BCUT2D eigenvalue weighted by Gasteiger charge is 2.26. The molecule has 1 aromatic rings. The standard InChI is InChI=1S/C21H24N2O7S/c1-12-9-21(28)30-14(3)18(25)5-7-19(26)23(10-16-11-31-15(4)22-16)13(2)17(24)6-8-20(27)29-12/h5-8,11-14H,9-10H2,1-4H3/b7-5+,8-6+/t12-,13-,14-/m0/s1. The van der Waals surface area contributed by atoms with Crippen LogP contribution in [-0.4, -0.2) is 57.5 Å². The minimum atomic E-state index is -1.12. The average molecular weight is 448 g/mol. The third-order valence-electron chi connectivity index (χ3n) is 4.42. The molecule has 0 bridgehead atoms. The SMILES string of the molecule is Cc1nc(CN2C(=O)/C=C/C(=O)[C@H](C)OC(=O)C[C@H](C)OC(=O)/C=C/C(=O)[C@@H]2C)cs1. The molecular weight excluding hydrogens is 424 g/mol. The van der Waals surface area contributed by atoms with Gasteiger partial charge in [0.1, 0.15) is 6.10 Å². The highest BCUT2D eigenvalue weighted by molar-refractivity contribution is 7.09. The molecule has 1 amide bonds. The maximum Gasteiger partial charge on any atom is 0.331 e. The van der Waals surface area contributed by atoms with Gasteiger partial charge in [-0.15, -0.1) is 11.3 Å². The first-order valence-electron chi connectivity index (χ1n) is 9.62. The molecule has 31 heavy (non-hydrogen) atoms. The summed E-state index contributed by atoms with van der Waals surface area (Å²) in [7, 11) is 0. The zero-order chi connectivity index (χ0) is 23.1. The van der Waals surface area contributed by atoms with Gasteiger partial charge in [-0.1, -0.05) is 0 Å². The lowest BCUT2D eigenvalue weighted by atomic mass is 10.1. The number of cyclic esters (lactones) is 2. The summed E-state index contributed by atoms with van der Waals surface area (Å²) in [5, 5.41) is 2.57. The van der Waals surface area contributed by atoms with E-state index in [4.69, 9.17) is 9.47 Å². The lowest BCUT2D eigenvalue weighted by Crippen LogP contribution is -2.41. The van der Waals surface area contributed by atoms with Crippen LogP contribution in [0.2, 0.25) is 0 Å². The molecule has 0 aromatic carbocycles. The molecule has 0 spiro atoms. The number of nitrogens with zero attached hydrogens (tertiary/aromatic N) is 2. The zero-order valence-corrected chi connectivity index (χ0v) is 18.5. The molecule has 0 fully saturated rings. The third kappa shape index (κ3) is 7.25. The van der Waals surface area contributed by atoms with Gasteiger partial charge in [-0.3, -0.25) is 19.2 Å². The van der Waals surface area contributed by atoms with Gasteiger partial charge in [0.15, 0.2) is 17.7 Å². The topological polar surface area (TPSA) is 120 Å². The number of carbonyl (C=O) groups excluding carboxylic acids is 5. The molecule has 0 saturated heterocycles. The van der Waals surface area contributed by atoms with Gasteiger partial charge in [-0.25, -0.2) is 9.78 Å². The van der Waals surface area contributed by atoms with Crippen LogP contribution in [-0.2, 0) is 40.0 Å². The first-order valence-corrected chi connectivity index (χ1v) is 10.5. The second-order valence-corrected chi connectivity index (χ2v) is 8.12. The van der Waals surface area contributed by atoms with Crippen molar-refractivity contribution in [2.24, 2.45) is 0 Å². The Kier molecular flexibility index (Phi) is 8.38. The van der Waals surface area contributed by atoms with Crippen LogP contribution >= 0.6 is 11.3 Å². The van der Waals surface area contributed by atoms with Crippen molar-refractivity contribution in [1.29, 1.82) is 0 Å². The van der Waals surface area contributed by atoms with Crippen molar-refractivity contribution in [3.05, 3.63) is 40.4 Å². The van der Waals surface area contributed by atoms with Crippen LogP contribution in [0, 0.1) is 6.92 Å². The number of thiazole rings is 1. The zero-order valence-electron chi connectivity index (χ0n) is 17.7. The normalized spacial score (nSPS) is 26.4.